The molecule has 2 rings (SSSR count). The van der Waals surface area contributed by atoms with Gasteiger partial charge in [0.25, 0.3) is 0 Å². The topological polar surface area (TPSA) is 110 Å². The summed E-state index contributed by atoms with van der Waals surface area (Å²) in [6, 6.07) is 10.8. The van der Waals surface area contributed by atoms with Crippen molar-refractivity contribution in [2.45, 2.75) is 6.92 Å². The van der Waals surface area contributed by atoms with Gasteiger partial charge in [-0.05, 0) is 24.6 Å². The van der Waals surface area contributed by atoms with Gasteiger partial charge in [0.05, 0.1) is 6.61 Å². The number of carboxylic acids is 1. The first kappa shape index (κ1) is 18.7. The summed E-state index contributed by atoms with van der Waals surface area (Å²) in [4.78, 5) is 35.1. The van der Waals surface area contributed by atoms with Crippen LogP contribution >= 0.6 is 0 Å². The summed E-state index contributed by atoms with van der Waals surface area (Å²) >= 11 is 0. The highest BCUT2D eigenvalue weighted by Crippen LogP contribution is 2.29. The lowest BCUT2D eigenvalue weighted by molar-refractivity contribution is -0.128. The molecule has 7 heteroatoms. The van der Waals surface area contributed by atoms with E-state index in [0.29, 0.717) is 0 Å². The van der Waals surface area contributed by atoms with E-state index in [4.69, 9.17) is 14.6 Å². The molecule has 0 fully saturated rings. The molecule has 0 amide bonds. The molecule has 0 bridgehead atoms. The summed E-state index contributed by atoms with van der Waals surface area (Å²) < 4.78 is 9.91. The fourth-order valence-electron chi connectivity index (χ4n) is 2.06. The molecule has 0 aliphatic rings. The maximum atomic E-state index is 12.0. The quantitative estimate of drug-likeness (QED) is 0.465. The molecular weight excluding hydrogens is 340 g/mol. The smallest absolute Gasteiger partial charge is 0.342 e. The first-order valence-electron chi connectivity index (χ1n) is 7.64. The summed E-state index contributed by atoms with van der Waals surface area (Å²) in [6.07, 6.45) is 2.64. The monoisotopic (exact) mass is 356 g/mol. The van der Waals surface area contributed by atoms with Gasteiger partial charge in [0.15, 0.2) is 0 Å². The second kappa shape index (κ2) is 8.48. The highest BCUT2D eigenvalue weighted by atomic mass is 16.5. The number of aromatic carboxylic acids is 1. The van der Waals surface area contributed by atoms with Crippen LogP contribution in [0.25, 0.3) is 6.08 Å². The number of benzene rings is 2. The highest BCUT2D eigenvalue weighted by Gasteiger charge is 2.22. The zero-order valence-corrected chi connectivity index (χ0v) is 13.8. The fourth-order valence-corrected chi connectivity index (χ4v) is 2.06. The summed E-state index contributed by atoms with van der Waals surface area (Å²) in [5.74, 6) is -4.06. The van der Waals surface area contributed by atoms with E-state index >= 15 is 0 Å². The molecule has 0 radical (unpaired) electrons. The Morgan fingerprint density at radius 3 is 2.38 bits per heavy atom. The molecule has 0 aliphatic carbocycles. The predicted octanol–water partition coefficient (Wildman–Crippen LogP) is 2.89. The Balaban J connectivity index is 2.31. The normalized spacial score (nSPS) is 10.5. The molecule has 0 saturated carbocycles. The van der Waals surface area contributed by atoms with Gasteiger partial charge in [-0.25, -0.2) is 14.4 Å². The van der Waals surface area contributed by atoms with Crippen LogP contribution in [0.5, 0.6) is 11.5 Å². The van der Waals surface area contributed by atoms with Gasteiger partial charge in [-0.3, -0.25) is 0 Å². The van der Waals surface area contributed by atoms with Gasteiger partial charge in [0.1, 0.15) is 22.6 Å². The number of carboxylic acid groups (broad SMARTS) is 1. The molecule has 0 unspecified atom stereocenters. The lowest BCUT2D eigenvalue weighted by atomic mass is 10.1. The van der Waals surface area contributed by atoms with Crippen LogP contribution < -0.4 is 4.74 Å². The van der Waals surface area contributed by atoms with Crippen molar-refractivity contribution >= 4 is 24.0 Å². The van der Waals surface area contributed by atoms with Crippen LogP contribution in [0.4, 0.5) is 0 Å². The minimum Gasteiger partial charge on any atom is -0.507 e. The second-order valence-corrected chi connectivity index (χ2v) is 5.06. The van der Waals surface area contributed by atoms with Crippen molar-refractivity contribution in [3.05, 3.63) is 65.2 Å². The van der Waals surface area contributed by atoms with Crippen LogP contribution in [0, 0.1) is 0 Å². The van der Waals surface area contributed by atoms with Gasteiger partial charge < -0.3 is 19.7 Å². The molecule has 134 valence electrons. The number of hydrogen-bond acceptors (Lipinski definition) is 6. The van der Waals surface area contributed by atoms with Crippen molar-refractivity contribution in [1.29, 1.82) is 0 Å². The summed E-state index contributed by atoms with van der Waals surface area (Å²) in [5.41, 5.74) is -0.00399. The van der Waals surface area contributed by atoms with Gasteiger partial charge in [-0.1, -0.05) is 30.3 Å². The lowest BCUT2D eigenvalue weighted by Crippen LogP contribution is -2.12. The molecule has 0 aromatic heterocycles. The van der Waals surface area contributed by atoms with E-state index in [0.717, 1.165) is 23.8 Å². The van der Waals surface area contributed by atoms with E-state index in [9.17, 15) is 19.5 Å². The molecular formula is C19H16O7. The molecule has 7 nitrogen and oxygen atoms in total. The van der Waals surface area contributed by atoms with Crippen LogP contribution in [-0.4, -0.2) is 34.7 Å². The molecule has 2 aromatic carbocycles. The molecule has 0 atom stereocenters. The number of hydrogen-bond donors (Lipinski definition) is 2. The average Bonchev–Trinajstić information content (AvgIpc) is 2.62. The maximum Gasteiger partial charge on any atom is 0.342 e. The maximum absolute atomic E-state index is 12.0. The van der Waals surface area contributed by atoms with E-state index in [-0.39, 0.29) is 17.9 Å². The summed E-state index contributed by atoms with van der Waals surface area (Å²) in [6.45, 7) is 1.64. The van der Waals surface area contributed by atoms with Crippen LogP contribution in [0.15, 0.2) is 48.5 Å². The Morgan fingerprint density at radius 1 is 1.08 bits per heavy atom. The SMILES string of the molecule is CCOC(=O)c1cc(O)c(C(=O)O)cc1OC(=O)/C=C/c1ccccc1. The Hall–Kier alpha value is -3.61. The van der Waals surface area contributed by atoms with Crippen LogP contribution in [-0.2, 0) is 9.53 Å². The molecule has 0 spiro atoms. The summed E-state index contributed by atoms with van der Waals surface area (Å²) in [7, 11) is 0. The predicted molar refractivity (Wildman–Crippen MR) is 92.1 cm³/mol. The van der Waals surface area contributed by atoms with Crippen molar-refractivity contribution in [1.82, 2.24) is 0 Å². The van der Waals surface area contributed by atoms with Crippen molar-refractivity contribution < 1.29 is 34.1 Å². The number of ether oxygens (including phenoxy) is 2. The minimum absolute atomic E-state index is 0.0571. The Morgan fingerprint density at radius 2 is 1.77 bits per heavy atom. The first-order valence-corrected chi connectivity index (χ1v) is 7.64. The second-order valence-electron chi connectivity index (χ2n) is 5.06. The minimum atomic E-state index is -1.44. The number of aromatic hydroxyl groups is 1. The van der Waals surface area contributed by atoms with E-state index in [1.54, 1.807) is 31.2 Å². The Labute approximate surface area is 149 Å². The number of esters is 2. The van der Waals surface area contributed by atoms with Crippen molar-refractivity contribution in [3.63, 3.8) is 0 Å². The van der Waals surface area contributed by atoms with Gasteiger partial charge in [0, 0.05) is 12.1 Å². The molecule has 0 saturated heterocycles. The Bertz CT molecular complexity index is 854. The number of carbonyl (C=O) groups excluding carboxylic acids is 2. The van der Waals surface area contributed by atoms with Crippen LogP contribution in [0.3, 0.4) is 0 Å². The van der Waals surface area contributed by atoms with Crippen molar-refractivity contribution in [2.24, 2.45) is 0 Å². The Kier molecular flexibility index (Phi) is 6.10. The molecule has 0 heterocycles. The third-order valence-electron chi connectivity index (χ3n) is 3.25. The average molecular weight is 356 g/mol. The van der Waals surface area contributed by atoms with Gasteiger partial charge in [-0.2, -0.15) is 0 Å². The van der Waals surface area contributed by atoms with E-state index in [1.165, 1.54) is 6.08 Å². The van der Waals surface area contributed by atoms with Gasteiger partial charge in [-0.15, -0.1) is 0 Å². The molecule has 2 N–H and O–H groups in total. The van der Waals surface area contributed by atoms with Crippen molar-refractivity contribution in [2.75, 3.05) is 6.61 Å². The van der Waals surface area contributed by atoms with Crippen molar-refractivity contribution in [3.8, 4) is 11.5 Å². The molecule has 0 aliphatic heterocycles. The molecule has 26 heavy (non-hydrogen) atoms. The van der Waals surface area contributed by atoms with Crippen LogP contribution in [0.2, 0.25) is 0 Å². The van der Waals surface area contributed by atoms with Gasteiger partial charge >= 0.3 is 17.9 Å². The fraction of sp³-hybridized carbons (Fsp3) is 0.105. The largest absolute Gasteiger partial charge is 0.507 e. The van der Waals surface area contributed by atoms with E-state index < -0.39 is 29.2 Å². The zero-order valence-electron chi connectivity index (χ0n) is 13.8. The number of carbonyl (C=O) groups is 3. The third-order valence-corrected chi connectivity index (χ3v) is 3.25. The van der Waals surface area contributed by atoms with Crippen LogP contribution in [0.1, 0.15) is 33.2 Å². The number of phenols is 1. The zero-order chi connectivity index (χ0) is 19.1. The molecule has 2 aromatic rings. The van der Waals surface area contributed by atoms with E-state index in [1.807, 2.05) is 6.07 Å². The number of rotatable bonds is 6. The van der Waals surface area contributed by atoms with Gasteiger partial charge in [0.2, 0.25) is 0 Å². The highest BCUT2D eigenvalue weighted by molar-refractivity contribution is 5.99. The van der Waals surface area contributed by atoms with E-state index in [2.05, 4.69) is 0 Å². The lowest BCUT2D eigenvalue weighted by Gasteiger charge is -2.10. The standard InChI is InChI=1S/C19H16O7/c1-2-25-19(24)14-10-15(20)13(18(22)23)11-16(14)26-17(21)9-8-12-6-4-3-5-7-12/h3-11,20H,2H2,1H3,(H,22,23)/b9-8+. The summed E-state index contributed by atoms with van der Waals surface area (Å²) in [5, 5.41) is 18.8. The third kappa shape index (κ3) is 4.70. The first-order chi connectivity index (χ1) is 12.4.